The van der Waals surface area contributed by atoms with Gasteiger partial charge in [0.25, 0.3) is 0 Å². The Morgan fingerprint density at radius 1 is 1.41 bits per heavy atom. The molecule has 0 spiro atoms. The highest BCUT2D eigenvalue weighted by molar-refractivity contribution is 5.42. The van der Waals surface area contributed by atoms with Crippen molar-refractivity contribution in [2.45, 2.75) is 32.1 Å². The molecule has 0 saturated carbocycles. The smallest absolute Gasteiger partial charge is 0.434 e. The fraction of sp³-hybridized carbons (Fsp3) is 0.474. The zero-order valence-electron chi connectivity index (χ0n) is 15.3. The SMILES string of the molecule is COc1ccc(C#N)cc1CN(C)C[C@H]1CCc2nc(C(F)(F)F)cn2C1. The van der Waals surface area contributed by atoms with E-state index < -0.39 is 11.9 Å². The van der Waals surface area contributed by atoms with Gasteiger partial charge in [-0.3, -0.25) is 0 Å². The number of methoxy groups -OCH3 is 1. The van der Waals surface area contributed by atoms with E-state index in [1.54, 1.807) is 29.9 Å². The summed E-state index contributed by atoms with van der Waals surface area (Å²) in [5, 5.41) is 9.08. The van der Waals surface area contributed by atoms with E-state index in [1.165, 1.54) is 0 Å². The molecule has 1 aliphatic heterocycles. The maximum atomic E-state index is 12.8. The number of aryl methyl sites for hydroxylation is 1. The van der Waals surface area contributed by atoms with Crippen molar-refractivity contribution in [3.63, 3.8) is 0 Å². The van der Waals surface area contributed by atoms with Crippen LogP contribution in [0.5, 0.6) is 5.75 Å². The molecule has 2 aromatic rings. The first-order valence-electron chi connectivity index (χ1n) is 8.69. The van der Waals surface area contributed by atoms with Gasteiger partial charge in [0.15, 0.2) is 5.69 Å². The first-order chi connectivity index (χ1) is 12.8. The predicted molar refractivity (Wildman–Crippen MR) is 93.1 cm³/mol. The minimum absolute atomic E-state index is 0.239. The van der Waals surface area contributed by atoms with Crippen LogP contribution >= 0.6 is 0 Å². The van der Waals surface area contributed by atoms with E-state index >= 15 is 0 Å². The van der Waals surface area contributed by atoms with Gasteiger partial charge in [-0.05, 0) is 37.6 Å². The number of hydrogen-bond donors (Lipinski definition) is 0. The van der Waals surface area contributed by atoms with Gasteiger partial charge in [0.1, 0.15) is 11.6 Å². The topological polar surface area (TPSA) is 54.1 Å². The molecule has 0 amide bonds. The third kappa shape index (κ3) is 4.42. The van der Waals surface area contributed by atoms with E-state index in [0.717, 1.165) is 30.5 Å². The number of fused-ring (bicyclic) bond motifs is 1. The van der Waals surface area contributed by atoms with Crippen molar-refractivity contribution in [3.8, 4) is 11.8 Å². The van der Waals surface area contributed by atoms with Crippen LogP contribution in [-0.4, -0.2) is 35.2 Å². The summed E-state index contributed by atoms with van der Waals surface area (Å²) in [5.41, 5.74) is 0.668. The third-order valence-corrected chi connectivity index (χ3v) is 4.80. The van der Waals surface area contributed by atoms with Gasteiger partial charge in [-0.2, -0.15) is 18.4 Å². The lowest BCUT2D eigenvalue weighted by atomic mass is 9.98. The first kappa shape index (κ1) is 19.2. The second-order valence-electron chi connectivity index (χ2n) is 6.93. The Bertz CT molecular complexity index is 854. The molecule has 0 bridgehead atoms. The molecule has 0 radical (unpaired) electrons. The van der Waals surface area contributed by atoms with Gasteiger partial charge in [0.2, 0.25) is 0 Å². The van der Waals surface area contributed by atoms with E-state index in [0.29, 0.717) is 30.9 Å². The molecule has 2 heterocycles. The normalized spacial score (nSPS) is 16.9. The fourth-order valence-corrected chi connectivity index (χ4v) is 3.57. The monoisotopic (exact) mass is 378 g/mol. The molecule has 1 aromatic heterocycles. The molecule has 0 unspecified atom stereocenters. The summed E-state index contributed by atoms with van der Waals surface area (Å²) in [6, 6.07) is 7.41. The molecule has 0 aliphatic carbocycles. The molecule has 5 nitrogen and oxygen atoms in total. The lowest BCUT2D eigenvalue weighted by molar-refractivity contribution is -0.141. The molecule has 1 aromatic carbocycles. The van der Waals surface area contributed by atoms with Crippen LogP contribution in [0.1, 0.15) is 29.1 Å². The van der Waals surface area contributed by atoms with Crippen LogP contribution in [0.25, 0.3) is 0 Å². The Morgan fingerprint density at radius 2 is 2.19 bits per heavy atom. The van der Waals surface area contributed by atoms with Crippen LogP contribution in [0.15, 0.2) is 24.4 Å². The summed E-state index contributed by atoms with van der Waals surface area (Å²) < 4.78 is 45.5. The molecule has 8 heteroatoms. The minimum Gasteiger partial charge on any atom is -0.496 e. The van der Waals surface area contributed by atoms with Crippen LogP contribution in [0, 0.1) is 17.2 Å². The molecule has 0 N–H and O–H groups in total. The Labute approximate surface area is 156 Å². The second kappa shape index (κ2) is 7.61. The van der Waals surface area contributed by atoms with Crippen molar-refractivity contribution < 1.29 is 17.9 Å². The van der Waals surface area contributed by atoms with Gasteiger partial charge < -0.3 is 14.2 Å². The quantitative estimate of drug-likeness (QED) is 0.799. The second-order valence-corrected chi connectivity index (χ2v) is 6.93. The summed E-state index contributed by atoms with van der Waals surface area (Å²) in [6.45, 7) is 1.86. The van der Waals surface area contributed by atoms with Crippen LogP contribution in [-0.2, 0) is 25.7 Å². The zero-order chi connectivity index (χ0) is 19.6. The van der Waals surface area contributed by atoms with Crippen LogP contribution < -0.4 is 4.74 Å². The molecule has 0 saturated heterocycles. The average Bonchev–Trinajstić information content (AvgIpc) is 3.05. The Balaban J connectivity index is 1.65. The van der Waals surface area contributed by atoms with Gasteiger partial charge in [-0.15, -0.1) is 0 Å². The van der Waals surface area contributed by atoms with Gasteiger partial charge in [-0.25, -0.2) is 4.98 Å². The molecule has 1 aliphatic rings. The maximum Gasteiger partial charge on any atom is 0.434 e. The highest BCUT2D eigenvalue weighted by Gasteiger charge is 2.35. The van der Waals surface area contributed by atoms with Crippen molar-refractivity contribution >= 4 is 0 Å². The maximum absolute atomic E-state index is 12.8. The Hall–Kier alpha value is -2.53. The summed E-state index contributed by atoms with van der Waals surface area (Å²) in [4.78, 5) is 5.83. The largest absolute Gasteiger partial charge is 0.496 e. The third-order valence-electron chi connectivity index (χ3n) is 4.80. The molecular formula is C19H21F3N4O. The molecule has 0 fully saturated rings. The summed E-state index contributed by atoms with van der Waals surface area (Å²) in [7, 11) is 3.55. The summed E-state index contributed by atoms with van der Waals surface area (Å²) in [5.74, 6) is 1.46. The number of ether oxygens (including phenoxy) is 1. The van der Waals surface area contributed by atoms with Crippen molar-refractivity contribution in [1.29, 1.82) is 5.26 Å². The van der Waals surface area contributed by atoms with Gasteiger partial charge in [0.05, 0.1) is 18.7 Å². The van der Waals surface area contributed by atoms with Crippen LogP contribution in [0.3, 0.4) is 0 Å². The standard InChI is InChI=1S/C19H21F3N4O/c1-25(11-15-7-13(8-23)3-5-16(15)27-2)9-14-4-6-18-24-17(19(20,21)22)12-26(18)10-14/h3,5,7,12,14H,4,6,9-11H2,1-2H3/t14-/m1/s1. The Kier molecular flexibility index (Phi) is 5.42. The number of nitriles is 1. The Morgan fingerprint density at radius 3 is 2.85 bits per heavy atom. The summed E-state index contributed by atoms with van der Waals surface area (Å²) in [6.07, 6.45) is -1.95. The predicted octanol–water partition coefficient (Wildman–Crippen LogP) is 3.48. The number of benzene rings is 1. The van der Waals surface area contributed by atoms with Crippen molar-refractivity contribution in [2.24, 2.45) is 5.92 Å². The average molecular weight is 378 g/mol. The zero-order valence-corrected chi connectivity index (χ0v) is 15.3. The van der Waals surface area contributed by atoms with E-state index in [9.17, 15) is 13.2 Å². The fourth-order valence-electron chi connectivity index (χ4n) is 3.57. The minimum atomic E-state index is -4.40. The molecular weight excluding hydrogens is 357 g/mol. The number of imidazole rings is 1. The number of hydrogen-bond acceptors (Lipinski definition) is 4. The van der Waals surface area contributed by atoms with Crippen molar-refractivity contribution in [3.05, 3.63) is 47.0 Å². The van der Waals surface area contributed by atoms with E-state index in [2.05, 4.69) is 16.0 Å². The van der Waals surface area contributed by atoms with Gasteiger partial charge >= 0.3 is 6.18 Å². The van der Waals surface area contributed by atoms with Gasteiger partial charge in [-0.1, -0.05) is 0 Å². The van der Waals surface area contributed by atoms with E-state index in [-0.39, 0.29) is 5.92 Å². The van der Waals surface area contributed by atoms with Crippen LogP contribution in [0.2, 0.25) is 0 Å². The van der Waals surface area contributed by atoms with E-state index in [1.807, 2.05) is 7.05 Å². The first-order valence-corrected chi connectivity index (χ1v) is 8.69. The molecule has 3 rings (SSSR count). The van der Waals surface area contributed by atoms with Crippen molar-refractivity contribution in [2.75, 3.05) is 20.7 Å². The highest BCUT2D eigenvalue weighted by Crippen LogP contribution is 2.31. The molecule has 144 valence electrons. The number of alkyl halides is 3. The number of halogens is 3. The number of aromatic nitrogens is 2. The highest BCUT2D eigenvalue weighted by atomic mass is 19.4. The van der Waals surface area contributed by atoms with E-state index in [4.69, 9.17) is 10.00 Å². The summed E-state index contributed by atoms with van der Waals surface area (Å²) >= 11 is 0. The van der Waals surface area contributed by atoms with Crippen molar-refractivity contribution in [1.82, 2.24) is 14.5 Å². The molecule has 27 heavy (non-hydrogen) atoms. The van der Waals surface area contributed by atoms with Gasteiger partial charge in [0, 0.05) is 37.8 Å². The lowest BCUT2D eigenvalue weighted by Crippen LogP contribution is -2.31. The molecule has 1 atom stereocenters. The van der Waals surface area contributed by atoms with Crippen LogP contribution in [0.4, 0.5) is 13.2 Å². The number of nitrogens with zero attached hydrogens (tertiary/aromatic N) is 4. The lowest BCUT2D eigenvalue weighted by Gasteiger charge is -2.28. The number of rotatable bonds is 5.